The zero-order chi connectivity index (χ0) is 18.7. The molecule has 146 valence electrons. The van der Waals surface area contributed by atoms with Gasteiger partial charge in [0.1, 0.15) is 6.04 Å². The molecular weight excluding hydrogens is 336 g/mol. The Labute approximate surface area is 154 Å². The van der Waals surface area contributed by atoms with Gasteiger partial charge in [-0.1, -0.05) is 0 Å². The Balaban J connectivity index is 1.44. The molecular formula is C19H30N2O5. The van der Waals surface area contributed by atoms with E-state index in [0.717, 1.165) is 37.0 Å². The molecule has 0 saturated heterocycles. The molecule has 0 aliphatic heterocycles. The van der Waals surface area contributed by atoms with Gasteiger partial charge in [-0.15, -0.1) is 0 Å². The van der Waals surface area contributed by atoms with Crippen molar-refractivity contribution in [2.75, 3.05) is 20.3 Å². The van der Waals surface area contributed by atoms with Gasteiger partial charge in [0.15, 0.2) is 0 Å². The molecule has 4 rings (SSSR count). The molecule has 7 nitrogen and oxygen atoms in total. The van der Waals surface area contributed by atoms with Crippen LogP contribution in [0.5, 0.6) is 0 Å². The number of ether oxygens (including phenoxy) is 1. The lowest BCUT2D eigenvalue weighted by atomic mass is 9.49. The fourth-order valence-electron chi connectivity index (χ4n) is 5.83. The SMILES string of the molecule is COCCC(NC(=O)CNC(=O)CC12CC3CC(CC(C3)C1)C2)C(=O)O. The van der Waals surface area contributed by atoms with Crippen LogP contribution in [0.25, 0.3) is 0 Å². The Kier molecular flexibility index (Phi) is 5.85. The van der Waals surface area contributed by atoms with Crippen LogP contribution in [0.3, 0.4) is 0 Å². The van der Waals surface area contributed by atoms with Crippen LogP contribution < -0.4 is 10.6 Å². The third-order valence-corrected chi connectivity index (χ3v) is 6.39. The number of aliphatic carboxylic acids is 1. The number of carbonyl (C=O) groups excluding carboxylic acids is 2. The molecule has 7 heteroatoms. The van der Waals surface area contributed by atoms with E-state index in [9.17, 15) is 14.4 Å². The summed E-state index contributed by atoms with van der Waals surface area (Å²) in [5.74, 6) is 0.687. The molecule has 0 heterocycles. The van der Waals surface area contributed by atoms with E-state index in [4.69, 9.17) is 9.84 Å². The van der Waals surface area contributed by atoms with Gasteiger partial charge in [-0.25, -0.2) is 4.79 Å². The molecule has 0 aromatic heterocycles. The molecule has 4 saturated carbocycles. The second-order valence-electron chi connectivity index (χ2n) is 8.61. The van der Waals surface area contributed by atoms with Crippen LogP contribution in [-0.2, 0) is 19.1 Å². The van der Waals surface area contributed by atoms with Gasteiger partial charge in [-0.3, -0.25) is 9.59 Å². The molecule has 1 unspecified atom stereocenters. The van der Waals surface area contributed by atoms with Gasteiger partial charge in [-0.05, 0) is 61.7 Å². The molecule has 2 amide bonds. The maximum atomic E-state index is 12.4. The third kappa shape index (κ3) is 4.55. The molecule has 3 N–H and O–H groups in total. The lowest BCUT2D eigenvalue weighted by molar-refractivity contribution is -0.142. The van der Waals surface area contributed by atoms with E-state index in [-0.39, 0.29) is 30.9 Å². The van der Waals surface area contributed by atoms with Gasteiger partial charge >= 0.3 is 5.97 Å². The Morgan fingerprint density at radius 2 is 1.65 bits per heavy atom. The van der Waals surface area contributed by atoms with Crippen LogP contribution in [0.2, 0.25) is 0 Å². The lowest BCUT2D eigenvalue weighted by Gasteiger charge is -2.56. The normalized spacial score (nSPS) is 32.9. The average Bonchev–Trinajstić information content (AvgIpc) is 2.54. The van der Waals surface area contributed by atoms with E-state index in [0.29, 0.717) is 6.42 Å². The fourth-order valence-corrected chi connectivity index (χ4v) is 5.83. The first-order chi connectivity index (χ1) is 12.4. The first-order valence-corrected chi connectivity index (χ1v) is 9.67. The third-order valence-electron chi connectivity index (χ3n) is 6.39. The number of hydrogen-bond donors (Lipinski definition) is 3. The summed E-state index contributed by atoms with van der Waals surface area (Å²) in [6.07, 6.45) is 8.14. The van der Waals surface area contributed by atoms with Gasteiger partial charge in [-0.2, -0.15) is 0 Å². The van der Waals surface area contributed by atoms with Gasteiger partial charge in [0, 0.05) is 26.6 Å². The number of carbonyl (C=O) groups is 3. The van der Waals surface area contributed by atoms with E-state index in [1.165, 1.54) is 26.4 Å². The summed E-state index contributed by atoms with van der Waals surface area (Å²) in [6, 6.07) is -0.998. The number of methoxy groups -OCH3 is 1. The number of rotatable bonds is 9. The van der Waals surface area contributed by atoms with E-state index in [2.05, 4.69) is 10.6 Å². The maximum Gasteiger partial charge on any atom is 0.326 e. The summed E-state index contributed by atoms with van der Waals surface area (Å²) in [5.41, 5.74) is 0.136. The molecule has 0 aromatic carbocycles. The van der Waals surface area contributed by atoms with Crippen molar-refractivity contribution in [3.05, 3.63) is 0 Å². The average molecular weight is 366 g/mol. The van der Waals surface area contributed by atoms with Crippen LogP contribution >= 0.6 is 0 Å². The number of nitrogens with one attached hydrogen (secondary N) is 2. The molecule has 26 heavy (non-hydrogen) atoms. The number of amides is 2. The first-order valence-electron chi connectivity index (χ1n) is 9.67. The van der Waals surface area contributed by atoms with Crippen molar-refractivity contribution in [2.24, 2.45) is 23.2 Å². The monoisotopic (exact) mass is 366 g/mol. The van der Waals surface area contributed by atoms with Crippen molar-refractivity contribution in [3.8, 4) is 0 Å². The van der Waals surface area contributed by atoms with Crippen LogP contribution in [0, 0.1) is 23.2 Å². The predicted octanol–water partition coefficient (Wildman–Crippen LogP) is 1.31. The van der Waals surface area contributed by atoms with Crippen LogP contribution in [-0.4, -0.2) is 49.2 Å². The van der Waals surface area contributed by atoms with Crippen molar-refractivity contribution in [1.29, 1.82) is 0 Å². The number of hydrogen-bond acceptors (Lipinski definition) is 4. The van der Waals surface area contributed by atoms with Gasteiger partial charge < -0.3 is 20.5 Å². The smallest absolute Gasteiger partial charge is 0.326 e. The van der Waals surface area contributed by atoms with E-state index in [1.54, 1.807) is 0 Å². The van der Waals surface area contributed by atoms with E-state index in [1.807, 2.05) is 0 Å². The highest BCUT2D eigenvalue weighted by Gasteiger charge is 2.51. The Morgan fingerprint density at radius 1 is 1.08 bits per heavy atom. The standard InChI is InChI=1S/C19H30N2O5/c1-26-3-2-15(18(24)25)21-17(23)11-20-16(22)10-19-7-12-4-13(8-19)6-14(5-12)9-19/h12-15H,2-11H2,1H3,(H,20,22)(H,21,23)(H,24,25). The highest BCUT2D eigenvalue weighted by molar-refractivity contribution is 5.88. The molecule has 4 bridgehead atoms. The van der Waals surface area contributed by atoms with Gasteiger partial charge in [0.2, 0.25) is 11.8 Å². The maximum absolute atomic E-state index is 12.4. The zero-order valence-electron chi connectivity index (χ0n) is 15.5. The van der Waals surface area contributed by atoms with E-state index >= 15 is 0 Å². The van der Waals surface area contributed by atoms with Crippen molar-refractivity contribution in [1.82, 2.24) is 10.6 Å². The summed E-state index contributed by atoms with van der Waals surface area (Å²) >= 11 is 0. The molecule has 4 aliphatic rings. The first kappa shape index (κ1) is 19.1. The minimum absolute atomic E-state index is 0.0918. The lowest BCUT2D eigenvalue weighted by Crippen LogP contribution is -2.49. The minimum Gasteiger partial charge on any atom is -0.480 e. The molecule has 0 spiro atoms. The highest BCUT2D eigenvalue weighted by Crippen LogP contribution is 2.61. The number of carboxylic acids is 1. The Morgan fingerprint density at radius 3 is 2.15 bits per heavy atom. The minimum atomic E-state index is -1.10. The second kappa shape index (κ2) is 7.94. The van der Waals surface area contributed by atoms with Crippen LogP contribution in [0.4, 0.5) is 0 Å². The molecule has 4 fully saturated rings. The van der Waals surface area contributed by atoms with Crippen molar-refractivity contribution < 1.29 is 24.2 Å². The van der Waals surface area contributed by atoms with E-state index < -0.39 is 17.9 Å². The Bertz CT molecular complexity index is 527. The zero-order valence-corrected chi connectivity index (χ0v) is 15.5. The summed E-state index contributed by atoms with van der Waals surface area (Å²) in [5, 5.41) is 14.2. The van der Waals surface area contributed by atoms with Crippen LogP contribution in [0.1, 0.15) is 51.4 Å². The number of carboxylic acid groups (broad SMARTS) is 1. The largest absolute Gasteiger partial charge is 0.480 e. The summed E-state index contributed by atoms with van der Waals surface area (Å²) in [4.78, 5) is 35.5. The summed E-state index contributed by atoms with van der Waals surface area (Å²) in [6.45, 7) is 0.0671. The molecule has 0 aromatic rings. The molecule has 1 atom stereocenters. The van der Waals surface area contributed by atoms with Crippen molar-refractivity contribution in [3.63, 3.8) is 0 Å². The predicted molar refractivity (Wildman–Crippen MR) is 94.3 cm³/mol. The summed E-state index contributed by atoms with van der Waals surface area (Å²) in [7, 11) is 1.48. The second-order valence-corrected chi connectivity index (χ2v) is 8.61. The van der Waals surface area contributed by atoms with Crippen molar-refractivity contribution >= 4 is 17.8 Å². The van der Waals surface area contributed by atoms with Crippen molar-refractivity contribution in [2.45, 2.75) is 57.4 Å². The van der Waals surface area contributed by atoms with Gasteiger partial charge in [0.25, 0.3) is 0 Å². The topological polar surface area (TPSA) is 105 Å². The Hall–Kier alpha value is -1.63. The highest BCUT2D eigenvalue weighted by atomic mass is 16.5. The quantitative estimate of drug-likeness (QED) is 0.571. The van der Waals surface area contributed by atoms with Crippen LogP contribution in [0.15, 0.2) is 0 Å². The molecule has 0 radical (unpaired) electrons. The fraction of sp³-hybridized carbons (Fsp3) is 0.842. The van der Waals surface area contributed by atoms with Gasteiger partial charge in [0.05, 0.1) is 6.54 Å². The molecule has 4 aliphatic carbocycles. The summed E-state index contributed by atoms with van der Waals surface area (Å²) < 4.78 is 4.85.